The Labute approximate surface area is 126 Å². The van der Waals surface area contributed by atoms with Crippen LogP contribution in [0.1, 0.15) is 32.8 Å². The van der Waals surface area contributed by atoms with Crippen LogP contribution in [0.25, 0.3) is 0 Å². The molecule has 5 nitrogen and oxygen atoms in total. The standard InChI is InChI=1S/C15H23NO4S/c1-5-14(11(2)3)16-21(18,19)13-8-6-12(7-9-13)10-15(17)20-4/h6-9,11,14,16H,5,10H2,1-4H3. The zero-order valence-corrected chi connectivity index (χ0v) is 13.7. The molecule has 0 radical (unpaired) electrons. The van der Waals surface area contributed by atoms with Crippen LogP contribution in [0.4, 0.5) is 0 Å². The molecule has 0 spiro atoms. The van der Waals surface area contributed by atoms with E-state index < -0.39 is 10.0 Å². The third kappa shape index (κ3) is 5.13. The quantitative estimate of drug-likeness (QED) is 0.783. The molecule has 0 amide bonds. The van der Waals surface area contributed by atoms with Crippen molar-refractivity contribution in [1.82, 2.24) is 4.72 Å². The van der Waals surface area contributed by atoms with Crippen LogP contribution in [0.2, 0.25) is 0 Å². The largest absolute Gasteiger partial charge is 0.469 e. The first kappa shape index (κ1) is 17.7. The molecular weight excluding hydrogens is 290 g/mol. The van der Waals surface area contributed by atoms with Gasteiger partial charge < -0.3 is 4.74 Å². The van der Waals surface area contributed by atoms with E-state index in [9.17, 15) is 13.2 Å². The van der Waals surface area contributed by atoms with Crippen LogP contribution in [0.15, 0.2) is 29.2 Å². The van der Waals surface area contributed by atoms with Crippen molar-refractivity contribution in [2.75, 3.05) is 7.11 Å². The topological polar surface area (TPSA) is 72.5 Å². The molecule has 1 atom stereocenters. The van der Waals surface area contributed by atoms with E-state index in [-0.39, 0.29) is 29.2 Å². The first-order valence-corrected chi connectivity index (χ1v) is 8.46. The number of rotatable bonds is 7. The first-order chi connectivity index (χ1) is 9.80. The Morgan fingerprint density at radius 1 is 1.24 bits per heavy atom. The normalized spacial score (nSPS) is 13.2. The zero-order chi connectivity index (χ0) is 16.0. The number of sulfonamides is 1. The maximum absolute atomic E-state index is 12.3. The van der Waals surface area contributed by atoms with E-state index in [1.807, 2.05) is 20.8 Å². The molecule has 0 aliphatic rings. The Hall–Kier alpha value is -1.40. The van der Waals surface area contributed by atoms with Gasteiger partial charge in [0.05, 0.1) is 18.4 Å². The molecule has 6 heteroatoms. The van der Waals surface area contributed by atoms with E-state index >= 15 is 0 Å². The van der Waals surface area contributed by atoms with Crippen molar-refractivity contribution in [3.63, 3.8) is 0 Å². The summed E-state index contributed by atoms with van der Waals surface area (Å²) < 4.78 is 31.9. The van der Waals surface area contributed by atoms with E-state index in [2.05, 4.69) is 9.46 Å². The average molecular weight is 313 g/mol. The van der Waals surface area contributed by atoms with Gasteiger partial charge in [-0.25, -0.2) is 13.1 Å². The molecule has 0 aliphatic carbocycles. The van der Waals surface area contributed by atoms with Crippen LogP contribution < -0.4 is 4.72 Å². The summed E-state index contributed by atoms with van der Waals surface area (Å²) in [7, 11) is -2.21. The van der Waals surface area contributed by atoms with Crippen molar-refractivity contribution in [3.8, 4) is 0 Å². The summed E-state index contributed by atoms with van der Waals surface area (Å²) in [6, 6.07) is 6.18. The van der Waals surface area contributed by atoms with Crippen molar-refractivity contribution in [2.45, 2.75) is 44.6 Å². The van der Waals surface area contributed by atoms with Crippen LogP contribution in [-0.2, 0) is 26.0 Å². The van der Waals surface area contributed by atoms with Gasteiger partial charge in [0.1, 0.15) is 0 Å². The second-order valence-electron chi connectivity index (χ2n) is 5.28. The van der Waals surface area contributed by atoms with Gasteiger partial charge >= 0.3 is 5.97 Å². The first-order valence-electron chi connectivity index (χ1n) is 6.98. The molecule has 1 aromatic carbocycles. The number of ether oxygens (including phenoxy) is 1. The van der Waals surface area contributed by atoms with Gasteiger partial charge in [0, 0.05) is 6.04 Å². The number of esters is 1. The molecular formula is C15H23NO4S. The Morgan fingerprint density at radius 3 is 2.24 bits per heavy atom. The molecule has 0 aromatic heterocycles. The van der Waals surface area contributed by atoms with Crippen molar-refractivity contribution in [1.29, 1.82) is 0 Å². The molecule has 118 valence electrons. The fourth-order valence-corrected chi connectivity index (χ4v) is 3.45. The summed E-state index contributed by atoms with van der Waals surface area (Å²) in [6.45, 7) is 5.92. The summed E-state index contributed by atoms with van der Waals surface area (Å²) in [4.78, 5) is 11.4. The molecule has 1 aromatic rings. The summed E-state index contributed by atoms with van der Waals surface area (Å²) in [5, 5.41) is 0. The molecule has 1 unspecified atom stereocenters. The molecule has 0 heterocycles. The van der Waals surface area contributed by atoms with Gasteiger partial charge in [0.25, 0.3) is 0 Å². The summed E-state index contributed by atoms with van der Waals surface area (Å²) in [5.74, 6) is -0.127. The monoisotopic (exact) mass is 313 g/mol. The molecule has 1 N–H and O–H groups in total. The van der Waals surface area contributed by atoms with Crippen LogP contribution in [0.5, 0.6) is 0 Å². The van der Waals surface area contributed by atoms with Gasteiger partial charge in [-0.3, -0.25) is 4.79 Å². The molecule has 21 heavy (non-hydrogen) atoms. The van der Waals surface area contributed by atoms with Gasteiger partial charge in [0.2, 0.25) is 10.0 Å². The minimum Gasteiger partial charge on any atom is -0.469 e. The van der Waals surface area contributed by atoms with Gasteiger partial charge in [0.15, 0.2) is 0 Å². The average Bonchev–Trinajstić information content (AvgIpc) is 2.45. The lowest BCUT2D eigenvalue weighted by molar-refractivity contribution is -0.139. The van der Waals surface area contributed by atoms with E-state index in [0.29, 0.717) is 0 Å². The summed E-state index contributed by atoms with van der Waals surface area (Å²) in [6.07, 6.45) is 0.866. The number of benzene rings is 1. The minimum absolute atomic E-state index is 0.0928. The van der Waals surface area contributed by atoms with Crippen molar-refractivity contribution < 1.29 is 17.9 Å². The Morgan fingerprint density at radius 2 is 1.81 bits per heavy atom. The van der Waals surface area contributed by atoms with Crippen molar-refractivity contribution in [2.24, 2.45) is 5.92 Å². The van der Waals surface area contributed by atoms with Crippen molar-refractivity contribution >= 4 is 16.0 Å². The molecule has 0 fully saturated rings. The number of methoxy groups -OCH3 is 1. The van der Waals surface area contributed by atoms with Crippen molar-refractivity contribution in [3.05, 3.63) is 29.8 Å². The number of nitrogens with one attached hydrogen (secondary N) is 1. The smallest absolute Gasteiger partial charge is 0.309 e. The molecule has 0 saturated carbocycles. The van der Waals surface area contributed by atoms with E-state index in [1.165, 1.54) is 19.2 Å². The predicted octanol–water partition coefficient (Wildman–Crippen LogP) is 2.11. The van der Waals surface area contributed by atoms with E-state index in [0.717, 1.165) is 12.0 Å². The molecule has 1 rings (SSSR count). The van der Waals surface area contributed by atoms with Gasteiger partial charge in [-0.15, -0.1) is 0 Å². The van der Waals surface area contributed by atoms with Gasteiger partial charge in [-0.1, -0.05) is 32.9 Å². The third-order valence-electron chi connectivity index (χ3n) is 3.36. The highest BCUT2D eigenvalue weighted by molar-refractivity contribution is 7.89. The minimum atomic E-state index is -3.53. The third-order valence-corrected chi connectivity index (χ3v) is 4.87. The highest BCUT2D eigenvalue weighted by Gasteiger charge is 2.21. The molecule has 0 bridgehead atoms. The Balaban J connectivity index is 2.87. The lowest BCUT2D eigenvalue weighted by atomic mass is 10.0. The van der Waals surface area contributed by atoms with E-state index in [4.69, 9.17) is 0 Å². The number of hydrogen-bond acceptors (Lipinski definition) is 4. The fourth-order valence-electron chi connectivity index (χ4n) is 1.98. The Kier molecular flexibility index (Phi) is 6.36. The van der Waals surface area contributed by atoms with Crippen LogP contribution in [0, 0.1) is 5.92 Å². The maximum atomic E-state index is 12.3. The maximum Gasteiger partial charge on any atom is 0.309 e. The number of carbonyl (C=O) groups excluding carboxylic acids is 1. The molecule has 0 aliphatic heterocycles. The Bertz CT molecular complexity index is 564. The molecule has 0 saturated heterocycles. The number of carbonyl (C=O) groups is 1. The van der Waals surface area contributed by atoms with Crippen LogP contribution in [0.3, 0.4) is 0 Å². The SMILES string of the molecule is CCC(NS(=O)(=O)c1ccc(CC(=O)OC)cc1)C(C)C. The van der Waals surface area contributed by atoms with Gasteiger partial charge in [-0.2, -0.15) is 0 Å². The lowest BCUT2D eigenvalue weighted by Crippen LogP contribution is -2.37. The predicted molar refractivity (Wildman–Crippen MR) is 81.4 cm³/mol. The van der Waals surface area contributed by atoms with E-state index in [1.54, 1.807) is 12.1 Å². The van der Waals surface area contributed by atoms with Gasteiger partial charge in [-0.05, 0) is 30.0 Å². The highest BCUT2D eigenvalue weighted by Crippen LogP contribution is 2.15. The second-order valence-corrected chi connectivity index (χ2v) is 6.99. The zero-order valence-electron chi connectivity index (χ0n) is 12.9. The lowest BCUT2D eigenvalue weighted by Gasteiger charge is -2.20. The summed E-state index contributed by atoms with van der Waals surface area (Å²) in [5.41, 5.74) is 0.719. The highest BCUT2D eigenvalue weighted by atomic mass is 32.2. The van der Waals surface area contributed by atoms with Crippen LogP contribution in [-0.4, -0.2) is 27.5 Å². The second kappa shape index (κ2) is 7.56. The van der Waals surface area contributed by atoms with Crippen LogP contribution >= 0.6 is 0 Å². The number of hydrogen-bond donors (Lipinski definition) is 1. The fraction of sp³-hybridized carbons (Fsp3) is 0.533. The summed E-state index contributed by atoms with van der Waals surface area (Å²) >= 11 is 0.